The van der Waals surface area contributed by atoms with Crippen molar-refractivity contribution in [2.45, 2.75) is 46.7 Å². The third kappa shape index (κ3) is 6.88. The van der Waals surface area contributed by atoms with E-state index in [0.717, 1.165) is 30.4 Å². The Morgan fingerprint density at radius 3 is 2.63 bits per heavy atom. The number of aryl methyl sites for hydroxylation is 1. The Bertz CT molecular complexity index is 385. The minimum atomic E-state index is 0.124. The molecule has 0 bridgehead atoms. The van der Waals surface area contributed by atoms with Crippen molar-refractivity contribution in [3.63, 3.8) is 0 Å². The van der Waals surface area contributed by atoms with Crippen LogP contribution in [0.1, 0.15) is 38.8 Å². The summed E-state index contributed by atoms with van der Waals surface area (Å²) in [5.74, 6) is 3.21. The highest BCUT2D eigenvalue weighted by Crippen LogP contribution is 2.21. The molecule has 0 saturated carbocycles. The quantitative estimate of drug-likeness (QED) is 0.763. The molecule has 2 nitrogen and oxygen atoms in total. The second-order valence-electron chi connectivity index (χ2n) is 5.76. The van der Waals surface area contributed by atoms with Crippen molar-refractivity contribution in [2.24, 2.45) is 0 Å². The predicted molar refractivity (Wildman–Crippen MR) is 86.3 cm³/mol. The molecule has 0 heterocycles. The molecular formula is C16H27NOS. The van der Waals surface area contributed by atoms with E-state index in [1.54, 1.807) is 0 Å². The van der Waals surface area contributed by atoms with Gasteiger partial charge in [0.05, 0.1) is 6.61 Å². The standard InChI is InChI=1S/C16H27NOS/c1-6-19-10-9-18-15-8-7-13(2)11-14(15)12-17-16(3,4)5/h7-8,11,17H,6,9-10,12H2,1-5H3. The summed E-state index contributed by atoms with van der Waals surface area (Å²) in [4.78, 5) is 0. The van der Waals surface area contributed by atoms with E-state index in [1.807, 2.05) is 11.8 Å². The minimum Gasteiger partial charge on any atom is -0.492 e. The van der Waals surface area contributed by atoms with Gasteiger partial charge in [-0.1, -0.05) is 24.6 Å². The third-order valence-electron chi connectivity index (χ3n) is 2.71. The van der Waals surface area contributed by atoms with Crippen LogP contribution in [0.3, 0.4) is 0 Å². The molecule has 0 saturated heterocycles. The first-order valence-corrected chi connectivity index (χ1v) is 8.13. The van der Waals surface area contributed by atoms with Crippen LogP contribution in [0.5, 0.6) is 5.75 Å². The molecule has 19 heavy (non-hydrogen) atoms. The molecule has 0 aliphatic rings. The molecule has 0 amide bonds. The Balaban J connectivity index is 2.63. The molecule has 0 radical (unpaired) electrons. The first-order valence-electron chi connectivity index (χ1n) is 6.97. The van der Waals surface area contributed by atoms with E-state index in [0.29, 0.717) is 0 Å². The monoisotopic (exact) mass is 281 g/mol. The molecule has 108 valence electrons. The van der Waals surface area contributed by atoms with E-state index >= 15 is 0 Å². The van der Waals surface area contributed by atoms with Crippen molar-refractivity contribution in [2.75, 3.05) is 18.1 Å². The summed E-state index contributed by atoms with van der Waals surface area (Å²) in [6.07, 6.45) is 0. The minimum absolute atomic E-state index is 0.124. The third-order valence-corrected chi connectivity index (χ3v) is 3.58. The zero-order valence-electron chi connectivity index (χ0n) is 12.9. The van der Waals surface area contributed by atoms with Crippen LogP contribution in [0.15, 0.2) is 18.2 Å². The molecule has 0 atom stereocenters. The molecule has 0 aromatic heterocycles. The first kappa shape index (κ1) is 16.4. The second-order valence-corrected chi connectivity index (χ2v) is 7.15. The number of thioether (sulfide) groups is 1. The van der Waals surface area contributed by atoms with Gasteiger partial charge in [-0.25, -0.2) is 0 Å². The maximum absolute atomic E-state index is 5.90. The lowest BCUT2D eigenvalue weighted by atomic mass is 10.1. The van der Waals surface area contributed by atoms with E-state index in [2.05, 4.69) is 58.1 Å². The summed E-state index contributed by atoms with van der Waals surface area (Å²) in [7, 11) is 0. The Hall–Kier alpha value is -0.670. The molecular weight excluding hydrogens is 254 g/mol. The molecule has 1 aromatic carbocycles. The van der Waals surface area contributed by atoms with Crippen molar-refractivity contribution in [1.29, 1.82) is 0 Å². The van der Waals surface area contributed by atoms with Gasteiger partial charge < -0.3 is 10.1 Å². The van der Waals surface area contributed by atoms with Gasteiger partial charge in [0.2, 0.25) is 0 Å². The lowest BCUT2D eigenvalue weighted by Crippen LogP contribution is -2.35. The molecule has 1 aromatic rings. The fourth-order valence-corrected chi connectivity index (χ4v) is 2.19. The molecule has 0 unspecified atom stereocenters. The molecule has 1 N–H and O–H groups in total. The fourth-order valence-electron chi connectivity index (χ4n) is 1.70. The highest BCUT2D eigenvalue weighted by molar-refractivity contribution is 7.99. The van der Waals surface area contributed by atoms with Crippen LogP contribution in [0.25, 0.3) is 0 Å². The molecule has 0 spiro atoms. The van der Waals surface area contributed by atoms with Crippen molar-refractivity contribution in [3.8, 4) is 5.75 Å². The summed E-state index contributed by atoms with van der Waals surface area (Å²) < 4.78 is 5.90. The van der Waals surface area contributed by atoms with Crippen LogP contribution in [-0.4, -0.2) is 23.7 Å². The second kappa shape index (κ2) is 7.81. The van der Waals surface area contributed by atoms with E-state index < -0.39 is 0 Å². The van der Waals surface area contributed by atoms with Gasteiger partial charge >= 0.3 is 0 Å². The summed E-state index contributed by atoms with van der Waals surface area (Å²) in [5, 5.41) is 3.52. The lowest BCUT2D eigenvalue weighted by molar-refractivity contribution is 0.335. The number of rotatable bonds is 7. The van der Waals surface area contributed by atoms with Gasteiger partial charge in [-0.2, -0.15) is 11.8 Å². The van der Waals surface area contributed by atoms with Crippen LogP contribution in [0, 0.1) is 6.92 Å². The topological polar surface area (TPSA) is 21.3 Å². The molecule has 3 heteroatoms. The number of ether oxygens (including phenoxy) is 1. The van der Waals surface area contributed by atoms with Crippen molar-refractivity contribution >= 4 is 11.8 Å². The maximum atomic E-state index is 5.90. The van der Waals surface area contributed by atoms with Crippen LogP contribution in [0.4, 0.5) is 0 Å². The smallest absolute Gasteiger partial charge is 0.123 e. The molecule has 1 rings (SSSR count). The Labute approximate surface area is 122 Å². The van der Waals surface area contributed by atoms with E-state index in [-0.39, 0.29) is 5.54 Å². The zero-order valence-corrected chi connectivity index (χ0v) is 13.7. The normalized spacial score (nSPS) is 11.6. The molecule has 0 aliphatic carbocycles. The maximum Gasteiger partial charge on any atom is 0.123 e. The van der Waals surface area contributed by atoms with Gasteiger partial charge in [-0.3, -0.25) is 0 Å². The largest absolute Gasteiger partial charge is 0.492 e. The number of nitrogens with one attached hydrogen (secondary N) is 1. The van der Waals surface area contributed by atoms with Gasteiger partial charge in [0.1, 0.15) is 5.75 Å². The van der Waals surface area contributed by atoms with Crippen molar-refractivity contribution < 1.29 is 4.74 Å². The lowest BCUT2D eigenvalue weighted by Gasteiger charge is -2.22. The Kier molecular flexibility index (Phi) is 6.73. The SMILES string of the molecule is CCSCCOc1ccc(C)cc1CNC(C)(C)C. The van der Waals surface area contributed by atoms with Gasteiger partial charge in [0, 0.05) is 23.4 Å². The number of hydrogen-bond acceptors (Lipinski definition) is 3. The van der Waals surface area contributed by atoms with Crippen molar-refractivity contribution in [3.05, 3.63) is 29.3 Å². The highest BCUT2D eigenvalue weighted by Gasteiger charge is 2.11. The highest BCUT2D eigenvalue weighted by atomic mass is 32.2. The van der Waals surface area contributed by atoms with E-state index in [9.17, 15) is 0 Å². The van der Waals surface area contributed by atoms with E-state index in [4.69, 9.17) is 4.74 Å². The number of hydrogen-bond donors (Lipinski definition) is 1. The summed E-state index contributed by atoms with van der Waals surface area (Å²) in [5.41, 5.74) is 2.65. The van der Waals surface area contributed by atoms with Gasteiger partial charge in [0.15, 0.2) is 0 Å². The van der Waals surface area contributed by atoms with Crippen LogP contribution < -0.4 is 10.1 Å². The molecule has 0 fully saturated rings. The van der Waals surface area contributed by atoms with E-state index in [1.165, 1.54) is 11.1 Å². The Morgan fingerprint density at radius 1 is 1.26 bits per heavy atom. The summed E-state index contributed by atoms with van der Waals surface area (Å²) in [6.45, 7) is 12.5. The average molecular weight is 281 g/mol. The van der Waals surface area contributed by atoms with Crippen molar-refractivity contribution in [1.82, 2.24) is 5.32 Å². The summed E-state index contributed by atoms with van der Waals surface area (Å²) in [6, 6.07) is 6.41. The average Bonchev–Trinajstić information content (AvgIpc) is 2.33. The summed E-state index contributed by atoms with van der Waals surface area (Å²) >= 11 is 1.91. The Morgan fingerprint density at radius 2 is 2.00 bits per heavy atom. The first-order chi connectivity index (χ1) is 8.92. The van der Waals surface area contributed by atoms with Gasteiger partial charge in [-0.15, -0.1) is 0 Å². The van der Waals surface area contributed by atoms with Crippen LogP contribution in [-0.2, 0) is 6.54 Å². The molecule has 0 aliphatic heterocycles. The van der Waals surface area contributed by atoms with Gasteiger partial charge in [0.25, 0.3) is 0 Å². The predicted octanol–water partition coefficient (Wildman–Crippen LogP) is 4.02. The number of benzene rings is 1. The van der Waals surface area contributed by atoms with Crippen LogP contribution in [0.2, 0.25) is 0 Å². The fraction of sp³-hybridized carbons (Fsp3) is 0.625. The van der Waals surface area contributed by atoms with Gasteiger partial charge in [-0.05, 0) is 39.5 Å². The van der Waals surface area contributed by atoms with Crippen LogP contribution >= 0.6 is 11.8 Å². The zero-order chi connectivity index (χ0) is 14.3.